The van der Waals surface area contributed by atoms with Crippen LogP contribution in [-0.4, -0.2) is 15.0 Å². The summed E-state index contributed by atoms with van der Waals surface area (Å²) in [4.78, 5) is 0.212. The molecule has 0 fully saturated rings. The number of benzene rings is 1. The van der Waals surface area contributed by atoms with Crippen molar-refractivity contribution in [1.82, 2.24) is 4.72 Å². The zero-order chi connectivity index (χ0) is 14.0. The number of nitrogens with two attached hydrogens (primary N) is 1. The van der Waals surface area contributed by atoms with Crippen LogP contribution in [-0.2, 0) is 10.0 Å². The van der Waals surface area contributed by atoms with Gasteiger partial charge in [-0.25, -0.2) is 13.1 Å². The Labute approximate surface area is 117 Å². The Bertz CT molecular complexity index is 527. The number of anilines is 1. The average molecular weight is 335 g/mol. The number of hydrogen-bond acceptors (Lipinski definition) is 3. The van der Waals surface area contributed by atoms with Gasteiger partial charge < -0.3 is 5.73 Å². The molecule has 0 aliphatic rings. The second-order valence-electron chi connectivity index (χ2n) is 5.03. The van der Waals surface area contributed by atoms with Crippen LogP contribution >= 0.6 is 15.9 Å². The molecule has 0 saturated carbocycles. The van der Waals surface area contributed by atoms with Crippen molar-refractivity contribution in [3.05, 3.63) is 22.7 Å². The number of rotatable bonds is 5. The summed E-state index contributed by atoms with van der Waals surface area (Å²) in [5, 5.41) is 0. The third-order valence-corrected chi connectivity index (χ3v) is 5.32. The van der Waals surface area contributed by atoms with Gasteiger partial charge in [-0.2, -0.15) is 0 Å². The Hall–Kier alpha value is -0.590. The lowest BCUT2D eigenvalue weighted by atomic mass is 9.91. The summed E-state index contributed by atoms with van der Waals surface area (Å²) in [6.45, 7) is 6.48. The van der Waals surface area contributed by atoms with Gasteiger partial charge in [-0.3, -0.25) is 0 Å². The van der Waals surface area contributed by atoms with Crippen molar-refractivity contribution in [2.45, 2.75) is 32.1 Å². The Kier molecular flexibility index (Phi) is 4.80. The molecule has 18 heavy (non-hydrogen) atoms. The molecular formula is C12H19BrN2O2S. The van der Waals surface area contributed by atoms with Crippen LogP contribution in [0.5, 0.6) is 0 Å². The van der Waals surface area contributed by atoms with E-state index in [2.05, 4.69) is 20.7 Å². The molecule has 3 N–H and O–H groups in total. The van der Waals surface area contributed by atoms with E-state index in [1.54, 1.807) is 12.1 Å². The second-order valence-corrected chi connectivity index (χ2v) is 7.62. The molecular weight excluding hydrogens is 316 g/mol. The van der Waals surface area contributed by atoms with Gasteiger partial charge >= 0.3 is 0 Å². The van der Waals surface area contributed by atoms with E-state index in [9.17, 15) is 8.42 Å². The molecule has 0 aliphatic carbocycles. The SMILES string of the molecule is CCC(C)(C)CNS(=O)(=O)c1ccc(N)cc1Br. The monoisotopic (exact) mass is 334 g/mol. The number of nitrogens with one attached hydrogen (secondary N) is 1. The summed E-state index contributed by atoms with van der Waals surface area (Å²) in [7, 11) is -3.50. The molecule has 0 amide bonds. The van der Waals surface area contributed by atoms with Gasteiger partial charge in [-0.15, -0.1) is 0 Å². The van der Waals surface area contributed by atoms with Crippen molar-refractivity contribution in [2.75, 3.05) is 12.3 Å². The van der Waals surface area contributed by atoms with E-state index < -0.39 is 10.0 Å². The molecule has 0 radical (unpaired) electrons. The quantitative estimate of drug-likeness (QED) is 0.813. The van der Waals surface area contributed by atoms with Gasteiger partial charge in [0.2, 0.25) is 10.0 Å². The van der Waals surface area contributed by atoms with E-state index in [0.29, 0.717) is 16.7 Å². The minimum Gasteiger partial charge on any atom is -0.399 e. The fraction of sp³-hybridized carbons (Fsp3) is 0.500. The first-order valence-electron chi connectivity index (χ1n) is 5.73. The predicted molar refractivity (Wildman–Crippen MR) is 77.8 cm³/mol. The summed E-state index contributed by atoms with van der Waals surface area (Å²) in [5.74, 6) is 0. The first-order valence-corrected chi connectivity index (χ1v) is 8.00. The summed E-state index contributed by atoms with van der Waals surface area (Å²) >= 11 is 3.22. The molecule has 1 aromatic rings. The average Bonchev–Trinajstić information content (AvgIpc) is 2.26. The van der Waals surface area contributed by atoms with Gasteiger partial charge in [0.15, 0.2) is 0 Å². The number of halogens is 1. The lowest BCUT2D eigenvalue weighted by Crippen LogP contribution is -2.33. The van der Waals surface area contributed by atoms with Crippen molar-refractivity contribution in [1.29, 1.82) is 0 Å². The standard InChI is InChI=1S/C12H19BrN2O2S/c1-4-12(2,3)8-15-18(16,17)11-6-5-9(14)7-10(11)13/h5-7,15H,4,8,14H2,1-3H3. The Morgan fingerprint density at radius 3 is 2.50 bits per heavy atom. The first-order chi connectivity index (χ1) is 8.18. The number of sulfonamides is 1. The smallest absolute Gasteiger partial charge is 0.241 e. The highest BCUT2D eigenvalue weighted by Crippen LogP contribution is 2.25. The zero-order valence-corrected chi connectivity index (χ0v) is 13.2. The maximum atomic E-state index is 12.1. The van der Waals surface area contributed by atoms with Crippen molar-refractivity contribution >= 4 is 31.6 Å². The second kappa shape index (κ2) is 5.59. The van der Waals surface area contributed by atoms with Crippen LogP contribution in [0.2, 0.25) is 0 Å². The van der Waals surface area contributed by atoms with Gasteiger partial charge in [0.1, 0.15) is 0 Å². The summed E-state index contributed by atoms with van der Waals surface area (Å²) in [6, 6.07) is 4.66. The predicted octanol–water partition coefficient (Wildman–Crippen LogP) is 2.75. The minimum atomic E-state index is -3.50. The van der Waals surface area contributed by atoms with Crippen LogP contribution in [0.1, 0.15) is 27.2 Å². The Balaban J connectivity index is 2.94. The highest BCUT2D eigenvalue weighted by Gasteiger charge is 2.22. The summed E-state index contributed by atoms with van der Waals surface area (Å²) < 4.78 is 27.4. The fourth-order valence-electron chi connectivity index (χ4n) is 1.23. The molecule has 0 aliphatic heterocycles. The van der Waals surface area contributed by atoms with E-state index in [-0.39, 0.29) is 10.3 Å². The molecule has 0 aromatic heterocycles. The number of nitrogen functional groups attached to an aromatic ring is 1. The van der Waals surface area contributed by atoms with Crippen LogP contribution < -0.4 is 10.5 Å². The third kappa shape index (κ3) is 3.96. The molecule has 1 aromatic carbocycles. The number of hydrogen-bond donors (Lipinski definition) is 2. The molecule has 0 spiro atoms. The highest BCUT2D eigenvalue weighted by molar-refractivity contribution is 9.10. The van der Waals surface area contributed by atoms with Gasteiger partial charge in [-0.05, 0) is 46.0 Å². The van der Waals surface area contributed by atoms with Gasteiger partial charge in [0, 0.05) is 16.7 Å². The van der Waals surface area contributed by atoms with Gasteiger partial charge in [0.05, 0.1) is 4.90 Å². The maximum Gasteiger partial charge on any atom is 0.241 e. The fourth-order valence-corrected chi connectivity index (χ4v) is 3.56. The van der Waals surface area contributed by atoms with E-state index in [0.717, 1.165) is 6.42 Å². The Morgan fingerprint density at radius 2 is 2.00 bits per heavy atom. The zero-order valence-electron chi connectivity index (χ0n) is 10.8. The van der Waals surface area contributed by atoms with E-state index in [1.807, 2.05) is 20.8 Å². The van der Waals surface area contributed by atoms with E-state index >= 15 is 0 Å². The van der Waals surface area contributed by atoms with Gasteiger partial charge in [0.25, 0.3) is 0 Å². The molecule has 1 rings (SSSR count). The van der Waals surface area contributed by atoms with Crippen molar-refractivity contribution in [3.63, 3.8) is 0 Å². The van der Waals surface area contributed by atoms with Crippen LogP contribution in [0.25, 0.3) is 0 Å². The lowest BCUT2D eigenvalue weighted by Gasteiger charge is -2.23. The molecule has 0 heterocycles. The van der Waals surface area contributed by atoms with Crippen LogP contribution in [0.15, 0.2) is 27.6 Å². The normalized spacial score (nSPS) is 12.7. The van der Waals surface area contributed by atoms with Crippen LogP contribution in [0, 0.1) is 5.41 Å². The largest absolute Gasteiger partial charge is 0.399 e. The third-order valence-electron chi connectivity index (χ3n) is 2.94. The summed E-state index contributed by atoms with van der Waals surface area (Å²) in [6.07, 6.45) is 0.901. The molecule has 0 atom stereocenters. The van der Waals surface area contributed by atoms with E-state index in [1.165, 1.54) is 6.07 Å². The topological polar surface area (TPSA) is 72.2 Å². The minimum absolute atomic E-state index is 0.0621. The molecule has 6 heteroatoms. The summed E-state index contributed by atoms with van der Waals surface area (Å²) in [5.41, 5.74) is 6.05. The van der Waals surface area contributed by atoms with Crippen molar-refractivity contribution in [3.8, 4) is 0 Å². The van der Waals surface area contributed by atoms with Crippen LogP contribution in [0.3, 0.4) is 0 Å². The first kappa shape index (κ1) is 15.5. The highest BCUT2D eigenvalue weighted by atomic mass is 79.9. The maximum absolute atomic E-state index is 12.1. The van der Waals surface area contributed by atoms with Crippen molar-refractivity contribution in [2.24, 2.45) is 5.41 Å². The molecule has 0 unspecified atom stereocenters. The van der Waals surface area contributed by atoms with Gasteiger partial charge in [-0.1, -0.05) is 20.8 Å². The molecule has 4 nitrogen and oxygen atoms in total. The molecule has 0 saturated heterocycles. The van der Waals surface area contributed by atoms with Crippen molar-refractivity contribution < 1.29 is 8.42 Å². The van der Waals surface area contributed by atoms with Crippen LogP contribution in [0.4, 0.5) is 5.69 Å². The lowest BCUT2D eigenvalue weighted by molar-refractivity contribution is 0.350. The van der Waals surface area contributed by atoms with E-state index in [4.69, 9.17) is 5.73 Å². The molecule has 102 valence electrons. The molecule has 0 bridgehead atoms. The Morgan fingerprint density at radius 1 is 1.39 bits per heavy atom.